The van der Waals surface area contributed by atoms with Crippen molar-refractivity contribution in [1.29, 1.82) is 0 Å². The SMILES string of the molecule is COc1ccc(-c2nc3c(ccc4ccccc43)o2)cc1OC. The zero-order valence-electron chi connectivity index (χ0n) is 12.9. The van der Waals surface area contributed by atoms with E-state index in [1.54, 1.807) is 14.2 Å². The largest absolute Gasteiger partial charge is 0.493 e. The van der Waals surface area contributed by atoms with Crippen molar-refractivity contribution in [3.8, 4) is 23.0 Å². The summed E-state index contributed by atoms with van der Waals surface area (Å²) in [5.74, 6) is 1.90. The minimum absolute atomic E-state index is 0.567. The van der Waals surface area contributed by atoms with E-state index < -0.39 is 0 Å². The summed E-state index contributed by atoms with van der Waals surface area (Å²) >= 11 is 0. The van der Waals surface area contributed by atoms with Crippen molar-refractivity contribution in [3.63, 3.8) is 0 Å². The Morgan fingerprint density at radius 1 is 0.870 bits per heavy atom. The highest BCUT2D eigenvalue weighted by atomic mass is 16.5. The molecule has 3 aromatic carbocycles. The second-order valence-electron chi connectivity index (χ2n) is 5.22. The van der Waals surface area contributed by atoms with Crippen LogP contribution < -0.4 is 9.47 Å². The summed E-state index contributed by atoms with van der Waals surface area (Å²) in [6.45, 7) is 0. The van der Waals surface area contributed by atoms with Gasteiger partial charge in [0.05, 0.1) is 14.2 Å². The van der Waals surface area contributed by atoms with Crippen molar-refractivity contribution < 1.29 is 13.9 Å². The Hall–Kier alpha value is -3.01. The maximum absolute atomic E-state index is 5.93. The van der Waals surface area contributed by atoms with Crippen LogP contribution in [0.15, 0.2) is 59.0 Å². The van der Waals surface area contributed by atoms with E-state index >= 15 is 0 Å². The van der Waals surface area contributed by atoms with Gasteiger partial charge < -0.3 is 13.9 Å². The number of nitrogens with zero attached hydrogens (tertiary/aromatic N) is 1. The van der Waals surface area contributed by atoms with Crippen molar-refractivity contribution >= 4 is 21.9 Å². The Morgan fingerprint density at radius 3 is 2.52 bits per heavy atom. The zero-order chi connectivity index (χ0) is 15.8. The summed E-state index contributed by atoms with van der Waals surface area (Å²) in [7, 11) is 3.23. The summed E-state index contributed by atoms with van der Waals surface area (Å²) in [5.41, 5.74) is 2.49. The van der Waals surface area contributed by atoms with Crippen LogP contribution >= 0.6 is 0 Å². The van der Waals surface area contributed by atoms with Crippen molar-refractivity contribution in [3.05, 3.63) is 54.6 Å². The third-order valence-corrected chi connectivity index (χ3v) is 3.91. The predicted octanol–water partition coefficient (Wildman–Crippen LogP) is 4.67. The second kappa shape index (κ2) is 5.32. The van der Waals surface area contributed by atoms with E-state index in [-0.39, 0.29) is 0 Å². The van der Waals surface area contributed by atoms with Gasteiger partial charge in [0.25, 0.3) is 0 Å². The predicted molar refractivity (Wildman–Crippen MR) is 90.1 cm³/mol. The number of aromatic nitrogens is 1. The molecule has 1 aromatic heterocycles. The zero-order valence-corrected chi connectivity index (χ0v) is 12.9. The number of methoxy groups -OCH3 is 2. The molecule has 4 heteroatoms. The highest BCUT2D eigenvalue weighted by Gasteiger charge is 2.13. The summed E-state index contributed by atoms with van der Waals surface area (Å²) in [6, 6.07) is 17.8. The molecule has 0 atom stereocenters. The van der Waals surface area contributed by atoms with Crippen LogP contribution in [0.3, 0.4) is 0 Å². The Labute approximate surface area is 133 Å². The van der Waals surface area contributed by atoms with E-state index in [0.717, 1.165) is 27.4 Å². The van der Waals surface area contributed by atoms with Crippen LogP contribution in [-0.4, -0.2) is 19.2 Å². The minimum atomic E-state index is 0.567. The number of rotatable bonds is 3. The lowest BCUT2D eigenvalue weighted by atomic mass is 10.1. The first kappa shape index (κ1) is 13.6. The van der Waals surface area contributed by atoms with Crippen LogP contribution in [0.4, 0.5) is 0 Å². The first-order valence-corrected chi connectivity index (χ1v) is 7.31. The van der Waals surface area contributed by atoms with Crippen LogP contribution in [0.1, 0.15) is 0 Å². The van der Waals surface area contributed by atoms with Crippen LogP contribution in [-0.2, 0) is 0 Å². The first-order chi connectivity index (χ1) is 11.3. The van der Waals surface area contributed by atoms with E-state index in [9.17, 15) is 0 Å². The van der Waals surface area contributed by atoms with Gasteiger partial charge in [-0.15, -0.1) is 0 Å². The molecule has 0 saturated heterocycles. The van der Waals surface area contributed by atoms with Gasteiger partial charge in [-0.3, -0.25) is 0 Å². The molecule has 4 aromatic rings. The molecule has 0 aliphatic rings. The molecule has 23 heavy (non-hydrogen) atoms. The smallest absolute Gasteiger partial charge is 0.227 e. The molecule has 114 valence electrons. The number of oxazole rings is 1. The molecule has 0 radical (unpaired) electrons. The molecule has 4 rings (SSSR count). The summed E-state index contributed by atoms with van der Waals surface area (Å²) in [5, 5.41) is 2.23. The van der Waals surface area contributed by atoms with E-state index in [2.05, 4.69) is 17.1 Å². The lowest BCUT2D eigenvalue weighted by molar-refractivity contribution is 0.355. The fourth-order valence-corrected chi connectivity index (χ4v) is 2.75. The third kappa shape index (κ3) is 2.19. The lowest BCUT2D eigenvalue weighted by Gasteiger charge is -2.07. The molecule has 4 nitrogen and oxygen atoms in total. The summed E-state index contributed by atoms with van der Waals surface area (Å²) < 4.78 is 16.5. The molecular weight excluding hydrogens is 290 g/mol. The Morgan fingerprint density at radius 2 is 1.70 bits per heavy atom. The van der Waals surface area contributed by atoms with Crippen LogP contribution in [0.2, 0.25) is 0 Å². The molecular formula is C19H15NO3. The molecule has 1 heterocycles. The first-order valence-electron chi connectivity index (χ1n) is 7.31. The molecule has 0 fully saturated rings. The maximum Gasteiger partial charge on any atom is 0.227 e. The van der Waals surface area contributed by atoms with Crippen molar-refractivity contribution in [1.82, 2.24) is 4.98 Å². The van der Waals surface area contributed by atoms with Gasteiger partial charge in [-0.25, -0.2) is 4.98 Å². The Balaban J connectivity index is 1.91. The van der Waals surface area contributed by atoms with E-state index in [0.29, 0.717) is 17.4 Å². The second-order valence-corrected chi connectivity index (χ2v) is 5.22. The number of hydrogen-bond acceptors (Lipinski definition) is 4. The maximum atomic E-state index is 5.93. The van der Waals surface area contributed by atoms with Gasteiger partial charge in [0.15, 0.2) is 17.1 Å². The number of hydrogen-bond donors (Lipinski definition) is 0. The molecule has 0 spiro atoms. The standard InChI is InChI=1S/C19H15NO3/c1-21-15-9-8-13(11-17(15)22-2)19-20-18-14-6-4-3-5-12(14)7-10-16(18)23-19/h3-11H,1-2H3. The van der Waals surface area contributed by atoms with E-state index in [1.165, 1.54) is 0 Å². The van der Waals surface area contributed by atoms with Crippen LogP contribution in [0.25, 0.3) is 33.3 Å². The summed E-state index contributed by atoms with van der Waals surface area (Å²) in [4.78, 5) is 4.68. The van der Waals surface area contributed by atoms with Crippen molar-refractivity contribution in [2.45, 2.75) is 0 Å². The average molecular weight is 305 g/mol. The fraction of sp³-hybridized carbons (Fsp3) is 0.105. The molecule has 0 aliphatic heterocycles. The highest BCUT2D eigenvalue weighted by Crippen LogP contribution is 2.34. The van der Waals surface area contributed by atoms with E-state index in [4.69, 9.17) is 13.9 Å². The van der Waals surface area contributed by atoms with Gasteiger partial charge in [-0.2, -0.15) is 0 Å². The molecule has 0 saturated carbocycles. The molecule has 0 aliphatic carbocycles. The average Bonchev–Trinajstić information content (AvgIpc) is 3.05. The van der Waals surface area contributed by atoms with Gasteiger partial charge in [0, 0.05) is 10.9 Å². The monoisotopic (exact) mass is 305 g/mol. The highest BCUT2D eigenvalue weighted by molar-refractivity contribution is 6.03. The molecule has 0 unspecified atom stereocenters. The van der Waals surface area contributed by atoms with Crippen LogP contribution in [0, 0.1) is 0 Å². The molecule has 0 N–H and O–H groups in total. The Kier molecular flexibility index (Phi) is 3.15. The topological polar surface area (TPSA) is 44.5 Å². The van der Waals surface area contributed by atoms with Gasteiger partial charge in [-0.05, 0) is 29.7 Å². The van der Waals surface area contributed by atoms with Gasteiger partial charge in [0.2, 0.25) is 5.89 Å². The Bertz CT molecular complexity index is 1000. The minimum Gasteiger partial charge on any atom is -0.493 e. The molecule has 0 amide bonds. The normalized spacial score (nSPS) is 11.0. The fourth-order valence-electron chi connectivity index (χ4n) is 2.75. The number of fused-ring (bicyclic) bond motifs is 3. The van der Waals surface area contributed by atoms with Gasteiger partial charge in [-0.1, -0.05) is 30.3 Å². The number of benzene rings is 3. The van der Waals surface area contributed by atoms with Gasteiger partial charge in [0.1, 0.15) is 5.52 Å². The summed E-state index contributed by atoms with van der Waals surface area (Å²) in [6.07, 6.45) is 0. The quantitative estimate of drug-likeness (QED) is 0.552. The van der Waals surface area contributed by atoms with Crippen molar-refractivity contribution in [2.75, 3.05) is 14.2 Å². The van der Waals surface area contributed by atoms with Gasteiger partial charge >= 0.3 is 0 Å². The van der Waals surface area contributed by atoms with E-state index in [1.807, 2.05) is 42.5 Å². The van der Waals surface area contributed by atoms with Crippen molar-refractivity contribution in [2.24, 2.45) is 0 Å². The molecule has 0 bridgehead atoms. The third-order valence-electron chi connectivity index (χ3n) is 3.91. The van der Waals surface area contributed by atoms with Crippen LogP contribution in [0.5, 0.6) is 11.5 Å². The number of ether oxygens (including phenoxy) is 2. The lowest BCUT2D eigenvalue weighted by Crippen LogP contribution is -1.90.